The van der Waals surface area contributed by atoms with Gasteiger partial charge in [0, 0.05) is 6.04 Å². The highest BCUT2D eigenvalue weighted by atomic mass is 19.1. The van der Waals surface area contributed by atoms with Crippen molar-refractivity contribution in [3.63, 3.8) is 0 Å². The minimum atomic E-state index is -0.491. The van der Waals surface area contributed by atoms with Crippen LogP contribution in [0.2, 0.25) is 0 Å². The zero-order chi connectivity index (χ0) is 13.2. The van der Waals surface area contributed by atoms with Crippen LogP contribution in [0.3, 0.4) is 0 Å². The van der Waals surface area contributed by atoms with Gasteiger partial charge in [-0.05, 0) is 42.5 Å². The van der Waals surface area contributed by atoms with Crippen LogP contribution in [0.15, 0.2) is 42.5 Å². The predicted molar refractivity (Wildman–Crippen MR) is 70.0 cm³/mol. The highest BCUT2D eigenvalue weighted by molar-refractivity contribution is 5.37. The molecule has 2 aromatic rings. The fraction of sp³-hybridized carbons (Fsp3) is 0.267. The molecule has 1 aromatic carbocycles. The van der Waals surface area contributed by atoms with Crippen LogP contribution in [0.25, 0.3) is 0 Å². The molecule has 0 saturated heterocycles. The van der Waals surface area contributed by atoms with E-state index in [4.69, 9.17) is 0 Å². The second kappa shape index (κ2) is 4.96. The molecule has 1 aromatic heterocycles. The Bertz CT molecular complexity index is 580. The van der Waals surface area contributed by atoms with E-state index in [-0.39, 0.29) is 17.8 Å². The van der Waals surface area contributed by atoms with Gasteiger partial charge in [-0.2, -0.15) is 4.39 Å². The molecular formula is C15H14F2N2. The van der Waals surface area contributed by atoms with Gasteiger partial charge in [-0.25, -0.2) is 9.37 Å². The Kier molecular flexibility index (Phi) is 3.15. The minimum Gasteiger partial charge on any atom is -0.367 e. The molecule has 3 rings (SSSR count). The van der Waals surface area contributed by atoms with Crippen LogP contribution in [0.5, 0.6) is 0 Å². The molecule has 1 fully saturated rings. The number of pyridine rings is 1. The van der Waals surface area contributed by atoms with Crippen molar-refractivity contribution in [1.82, 2.24) is 4.98 Å². The van der Waals surface area contributed by atoms with Crippen molar-refractivity contribution in [2.75, 3.05) is 5.32 Å². The van der Waals surface area contributed by atoms with E-state index in [2.05, 4.69) is 10.3 Å². The number of nitrogens with one attached hydrogen (secondary N) is 1. The van der Waals surface area contributed by atoms with Crippen molar-refractivity contribution in [1.29, 1.82) is 0 Å². The standard InChI is InChI=1S/C15H14F2N2/c16-13-5-2-1-4-12(13)10-8-11(9-10)18-15-7-3-6-14(17)19-15/h1-7,10-11H,8-9H2,(H,18,19). The SMILES string of the molecule is Fc1cccc(NC2CC(c3ccccc3F)C2)n1. The Balaban J connectivity index is 1.60. The Hall–Kier alpha value is -1.97. The number of nitrogens with zero attached hydrogens (tertiary/aromatic N) is 1. The molecule has 1 saturated carbocycles. The number of hydrogen-bond acceptors (Lipinski definition) is 2. The number of benzene rings is 1. The number of halogens is 2. The van der Waals surface area contributed by atoms with E-state index in [0.717, 1.165) is 18.4 Å². The number of rotatable bonds is 3. The first kappa shape index (κ1) is 12.1. The molecule has 1 heterocycles. The van der Waals surface area contributed by atoms with E-state index >= 15 is 0 Å². The van der Waals surface area contributed by atoms with Crippen LogP contribution in [-0.2, 0) is 0 Å². The maximum Gasteiger partial charge on any atom is 0.214 e. The topological polar surface area (TPSA) is 24.9 Å². The lowest BCUT2D eigenvalue weighted by molar-refractivity contribution is 0.362. The third kappa shape index (κ3) is 2.57. The van der Waals surface area contributed by atoms with Gasteiger partial charge in [0.2, 0.25) is 5.95 Å². The molecule has 1 aliphatic rings. The van der Waals surface area contributed by atoms with E-state index in [1.165, 1.54) is 12.1 Å². The maximum atomic E-state index is 13.6. The fourth-order valence-corrected chi connectivity index (χ4v) is 2.49. The molecular weight excluding hydrogens is 246 g/mol. The molecule has 0 amide bonds. The van der Waals surface area contributed by atoms with E-state index in [1.54, 1.807) is 18.2 Å². The Morgan fingerprint density at radius 1 is 1.00 bits per heavy atom. The lowest BCUT2D eigenvalue weighted by Gasteiger charge is -2.36. The van der Waals surface area contributed by atoms with Crippen LogP contribution in [0, 0.1) is 11.8 Å². The molecule has 0 unspecified atom stereocenters. The summed E-state index contributed by atoms with van der Waals surface area (Å²) in [6.45, 7) is 0. The zero-order valence-electron chi connectivity index (χ0n) is 10.3. The summed E-state index contributed by atoms with van der Waals surface area (Å²) in [5.41, 5.74) is 0.771. The first-order chi connectivity index (χ1) is 9.22. The maximum absolute atomic E-state index is 13.6. The Labute approximate surface area is 110 Å². The monoisotopic (exact) mass is 260 g/mol. The quantitative estimate of drug-likeness (QED) is 0.851. The van der Waals surface area contributed by atoms with Crippen molar-refractivity contribution >= 4 is 5.82 Å². The van der Waals surface area contributed by atoms with Gasteiger partial charge < -0.3 is 5.32 Å². The zero-order valence-corrected chi connectivity index (χ0v) is 10.3. The summed E-state index contributed by atoms with van der Waals surface area (Å²) >= 11 is 0. The second-order valence-corrected chi connectivity index (χ2v) is 4.88. The van der Waals surface area contributed by atoms with Gasteiger partial charge in [0.15, 0.2) is 0 Å². The molecule has 0 spiro atoms. The highest BCUT2D eigenvalue weighted by Gasteiger charge is 2.31. The number of aromatic nitrogens is 1. The third-order valence-corrected chi connectivity index (χ3v) is 3.55. The van der Waals surface area contributed by atoms with Crippen LogP contribution in [0.1, 0.15) is 24.3 Å². The van der Waals surface area contributed by atoms with Gasteiger partial charge >= 0.3 is 0 Å². The summed E-state index contributed by atoms with van der Waals surface area (Å²) in [6.07, 6.45) is 1.69. The summed E-state index contributed by atoms with van der Waals surface area (Å²) in [7, 11) is 0. The minimum absolute atomic E-state index is 0.144. The molecule has 1 aliphatic carbocycles. The molecule has 2 nitrogen and oxygen atoms in total. The summed E-state index contributed by atoms with van der Waals surface area (Å²) in [5.74, 6) is 0.147. The summed E-state index contributed by atoms with van der Waals surface area (Å²) in [5, 5.41) is 3.16. The Morgan fingerprint density at radius 2 is 1.79 bits per heavy atom. The van der Waals surface area contributed by atoms with Crippen molar-refractivity contribution in [3.8, 4) is 0 Å². The molecule has 0 aliphatic heterocycles. The van der Waals surface area contributed by atoms with Gasteiger partial charge in [0.25, 0.3) is 0 Å². The lowest BCUT2D eigenvalue weighted by atomic mass is 9.75. The summed E-state index contributed by atoms with van der Waals surface area (Å²) in [4.78, 5) is 3.76. The van der Waals surface area contributed by atoms with E-state index in [1.807, 2.05) is 12.1 Å². The average Bonchev–Trinajstić information content (AvgIpc) is 2.35. The third-order valence-electron chi connectivity index (χ3n) is 3.55. The van der Waals surface area contributed by atoms with Gasteiger partial charge in [-0.1, -0.05) is 24.3 Å². The molecule has 0 radical (unpaired) electrons. The first-order valence-corrected chi connectivity index (χ1v) is 6.36. The summed E-state index contributed by atoms with van der Waals surface area (Å²) < 4.78 is 26.5. The molecule has 98 valence electrons. The largest absolute Gasteiger partial charge is 0.367 e. The van der Waals surface area contributed by atoms with Crippen LogP contribution in [0.4, 0.5) is 14.6 Å². The van der Waals surface area contributed by atoms with Gasteiger partial charge in [-0.15, -0.1) is 0 Å². The summed E-state index contributed by atoms with van der Waals surface area (Å²) in [6, 6.07) is 11.8. The predicted octanol–water partition coefficient (Wildman–Crippen LogP) is 3.72. The second-order valence-electron chi connectivity index (χ2n) is 4.88. The first-order valence-electron chi connectivity index (χ1n) is 6.36. The molecule has 0 bridgehead atoms. The normalized spacial score (nSPS) is 21.8. The average molecular weight is 260 g/mol. The van der Waals surface area contributed by atoms with E-state index in [9.17, 15) is 8.78 Å². The van der Waals surface area contributed by atoms with Gasteiger partial charge in [0.05, 0.1) is 0 Å². The van der Waals surface area contributed by atoms with Gasteiger partial charge in [0.1, 0.15) is 11.6 Å². The van der Waals surface area contributed by atoms with Crippen LogP contribution < -0.4 is 5.32 Å². The van der Waals surface area contributed by atoms with Crippen LogP contribution >= 0.6 is 0 Å². The Morgan fingerprint density at radius 3 is 2.53 bits per heavy atom. The van der Waals surface area contributed by atoms with Crippen molar-refractivity contribution < 1.29 is 8.78 Å². The molecule has 1 N–H and O–H groups in total. The van der Waals surface area contributed by atoms with Crippen molar-refractivity contribution in [2.24, 2.45) is 0 Å². The fourth-order valence-electron chi connectivity index (χ4n) is 2.49. The molecule has 4 heteroatoms. The van der Waals surface area contributed by atoms with Crippen LogP contribution in [-0.4, -0.2) is 11.0 Å². The van der Waals surface area contributed by atoms with Crippen molar-refractivity contribution in [2.45, 2.75) is 24.8 Å². The van der Waals surface area contributed by atoms with Gasteiger partial charge in [-0.3, -0.25) is 0 Å². The number of anilines is 1. The number of hydrogen-bond donors (Lipinski definition) is 1. The van der Waals surface area contributed by atoms with E-state index in [0.29, 0.717) is 5.82 Å². The molecule has 19 heavy (non-hydrogen) atoms. The van der Waals surface area contributed by atoms with Crippen molar-refractivity contribution in [3.05, 3.63) is 59.8 Å². The lowest BCUT2D eigenvalue weighted by Crippen LogP contribution is -2.34. The smallest absolute Gasteiger partial charge is 0.214 e. The molecule has 0 atom stereocenters. The highest BCUT2D eigenvalue weighted by Crippen LogP contribution is 2.39. The van der Waals surface area contributed by atoms with E-state index < -0.39 is 5.95 Å².